The molecular formula is C17H31N3O6. The Bertz CT molecular complexity index is 507. The van der Waals surface area contributed by atoms with E-state index in [1.54, 1.807) is 13.8 Å². The Morgan fingerprint density at radius 1 is 0.885 bits per heavy atom. The Labute approximate surface area is 153 Å². The van der Waals surface area contributed by atoms with E-state index in [0.717, 1.165) is 0 Å². The third kappa shape index (κ3) is 8.80. The summed E-state index contributed by atoms with van der Waals surface area (Å²) >= 11 is 0. The predicted octanol–water partition coefficient (Wildman–Crippen LogP) is -0.370. The van der Waals surface area contributed by atoms with Crippen LogP contribution in [0.3, 0.4) is 0 Å². The normalized spacial score (nSPS) is 14.5. The number of aliphatic carboxylic acids is 1. The standard InChI is InChI=1S/C17H31N3O6/c1-9(2)8-13(16(24)20-14(10(3)4)17(25)26)19-15(23)12(6-7-21)18-11(5)22/h9-10,12-14,21H,6-8H2,1-5H3,(H,18,22)(H,19,23)(H,20,24)(H,25,26)/t12-,13-,14-/m0/s1. The van der Waals surface area contributed by atoms with Crippen LogP contribution in [0.1, 0.15) is 47.5 Å². The molecular weight excluding hydrogens is 342 g/mol. The van der Waals surface area contributed by atoms with Gasteiger partial charge in [-0.05, 0) is 24.7 Å². The molecule has 0 bridgehead atoms. The molecule has 0 saturated carbocycles. The SMILES string of the molecule is CC(=O)N[C@@H](CCO)C(=O)N[C@@H](CC(C)C)C(=O)N[C@H](C(=O)O)C(C)C. The molecule has 0 aliphatic heterocycles. The zero-order valence-corrected chi connectivity index (χ0v) is 16.0. The van der Waals surface area contributed by atoms with E-state index in [9.17, 15) is 24.3 Å². The largest absolute Gasteiger partial charge is 0.480 e. The second-order valence-electron chi connectivity index (χ2n) is 7.02. The first kappa shape index (κ1) is 23.8. The van der Waals surface area contributed by atoms with Gasteiger partial charge in [-0.3, -0.25) is 14.4 Å². The molecule has 0 aromatic carbocycles. The van der Waals surface area contributed by atoms with E-state index in [4.69, 9.17) is 5.11 Å². The van der Waals surface area contributed by atoms with Gasteiger partial charge in [0, 0.05) is 13.5 Å². The number of rotatable bonds is 11. The van der Waals surface area contributed by atoms with Crippen molar-refractivity contribution < 1.29 is 29.4 Å². The highest BCUT2D eigenvalue weighted by Gasteiger charge is 2.30. The van der Waals surface area contributed by atoms with Gasteiger partial charge in [0.25, 0.3) is 0 Å². The van der Waals surface area contributed by atoms with E-state index in [2.05, 4.69) is 16.0 Å². The lowest BCUT2D eigenvalue weighted by molar-refractivity contribution is -0.143. The van der Waals surface area contributed by atoms with E-state index in [-0.39, 0.29) is 24.9 Å². The van der Waals surface area contributed by atoms with Gasteiger partial charge in [-0.2, -0.15) is 0 Å². The third-order valence-corrected chi connectivity index (χ3v) is 3.68. The minimum atomic E-state index is -1.15. The summed E-state index contributed by atoms with van der Waals surface area (Å²) < 4.78 is 0. The second kappa shape index (κ2) is 11.5. The first-order valence-corrected chi connectivity index (χ1v) is 8.71. The maximum Gasteiger partial charge on any atom is 0.326 e. The lowest BCUT2D eigenvalue weighted by Crippen LogP contribution is -2.56. The number of carboxylic acid groups (broad SMARTS) is 1. The van der Waals surface area contributed by atoms with E-state index in [0.29, 0.717) is 6.42 Å². The molecule has 0 unspecified atom stereocenters. The van der Waals surface area contributed by atoms with Gasteiger partial charge in [0.05, 0.1) is 0 Å². The summed E-state index contributed by atoms with van der Waals surface area (Å²) in [5.41, 5.74) is 0. The van der Waals surface area contributed by atoms with E-state index < -0.39 is 41.8 Å². The van der Waals surface area contributed by atoms with Crippen LogP contribution in [0.2, 0.25) is 0 Å². The van der Waals surface area contributed by atoms with Gasteiger partial charge >= 0.3 is 5.97 Å². The number of carboxylic acids is 1. The van der Waals surface area contributed by atoms with Gasteiger partial charge < -0.3 is 26.2 Å². The van der Waals surface area contributed by atoms with Gasteiger partial charge in [0.15, 0.2) is 0 Å². The van der Waals surface area contributed by atoms with Crippen molar-refractivity contribution in [2.24, 2.45) is 11.8 Å². The molecule has 0 aromatic heterocycles. The maximum atomic E-state index is 12.5. The zero-order chi connectivity index (χ0) is 20.4. The van der Waals surface area contributed by atoms with Crippen molar-refractivity contribution in [2.45, 2.75) is 65.6 Å². The van der Waals surface area contributed by atoms with Gasteiger partial charge in [-0.1, -0.05) is 27.7 Å². The second-order valence-corrected chi connectivity index (χ2v) is 7.02. The van der Waals surface area contributed by atoms with Crippen molar-refractivity contribution in [1.29, 1.82) is 0 Å². The molecule has 0 radical (unpaired) electrons. The summed E-state index contributed by atoms with van der Waals surface area (Å²) in [5, 5.41) is 25.7. The van der Waals surface area contributed by atoms with Crippen LogP contribution in [0.4, 0.5) is 0 Å². The van der Waals surface area contributed by atoms with Crippen LogP contribution in [0.5, 0.6) is 0 Å². The average molecular weight is 373 g/mol. The number of carbonyl (C=O) groups is 4. The molecule has 0 spiro atoms. The van der Waals surface area contributed by atoms with E-state index in [1.165, 1.54) is 6.92 Å². The first-order chi connectivity index (χ1) is 12.0. The molecule has 0 aliphatic carbocycles. The summed E-state index contributed by atoms with van der Waals surface area (Å²) in [4.78, 5) is 47.4. The van der Waals surface area contributed by atoms with Crippen molar-refractivity contribution in [3.05, 3.63) is 0 Å². The molecule has 0 fully saturated rings. The topological polar surface area (TPSA) is 145 Å². The van der Waals surface area contributed by atoms with E-state index >= 15 is 0 Å². The number of carbonyl (C=O) groups excluding carboxylic acids is 3. The average Bonchev–Trinajstić information content (AvgIpc) is 2.49. The number of aliphatic hydroxyl groups is 1. The minimum Gasteiger partial charge on any atom is -0.480 e. The third-order valence-electron chi connectivity index (χ3n) is 3.68. The van der Waals surface area contributed by atoms with Crippen LogP contribution in [0.25, 0.3) is 0 Å². The van der Waals surface area contributed by atoms with Gasteiger partial charge in [0.1, 0.15) is 18.1 Å². The summed E-state index contributed by atoms with van der Waals surface area (Å²) in [5.74, 6) is -3.06. The Balaban J connectivity index is 5.22. The highest BCUT2D eigenvalue weighted by Crippen LogP contribution is 2.08. The highest BCUT2D eigenvalue weighted by molar-refractivity contribution is 5.93. The van der Waals surface area contributed by atoms with Crippen LogP contribution in [0, 0.1) is 11.8 Å². The van der Waals surface area contributed by atoms with Crippen molar-refractivity contribution in [2.75, 3.05) is 6.61 Å². The van der Waals surface area contributed by atoms with Crippen LogP contribution in [-0.2, 0) is 19.2 Å². The Kier molecular flexibility index (Phi) is 10.5. The fourth-order valence-corrected chi connectivity index (χ4v) is 2.39. The quantitative estimate of drug-likeness (QED) is 0.334. The number of amides is 3. The molecule has 26 heavy (non-hydrogen) atoms. The minimum absolute atomic E-state index is 0.00513. The van der Waals surface area contributed by atoms with Gasteiger partial charge in [0.2, 0.25) is 17.7 Å². The summed E-state index contributed by atoms with van der Waals surface area (Å²) in [7, 11) is 0. The molecule has 150 valence electrons. The number of nitrogens with one attached hydrogen (secondary N) is 3. The molecule has 0 saturated heterocycles. The molecule has 3 atom stereocenters. The van der Waals surface area contributed by atoms with Crippen LogP contribution < -0.4 is 16.0 Å². The Morgan fingerprint density at radius 3 is 1.81 bits per heavy atom. The van der Waals surface area contributed by atoms with Crippen molar-refractivity contribution in [3.63, 3.8) is 0 Å². The fourth-order valence-electron chi connectivity index (χ4n) is 2.39. The molecule has 9 nitrogen and oxygen atoms in total. The molecule has 0 aliphatic rings. The molecule has 3 amide bonds. The Morgan fingerprint density at radius 2 is 1.42 bits per heavy atom. The first-order valence-electron chi connectivity index (χ1n) is 8.71. The van der Waals surface area contributed by atoms with Gasteiger partial charge in [-0.15, -0.1) is 0 Å². The van der Waals surface area contributed by atoms with Crippen LogP contribution >= 0.6 is 0 Å². The molecule has 0 rings (SSSR count). The number of hydrogen-bond donors (Lipinski definition) is 5. The smallest absolute Gasteiger partial charge is 0.326 e. The predicted molar refractivity (Wildman–Crippen MR) is 95.1 cm³/mol. The van der Waals surface area contributed by atoms with Crippen molar-refractivity contribution in [3.8, 4) is 0 Å². The van der Waals surface area contributed by atoms with Gasteiger partial charge in [-0.25, -0.2) is 4.79 Å². The summed E-state index contributed by atoms with van der Waals surface area (Å²) in [6.45, 7) is 8.00. The number of aliphatic hydroxyl groups excluding tert-OH is 1. The summed E-state index contributed by atoms with van der Waals surface area (Å²) in [6.07, 6.45) is 0.305. The lowest BCUT2D eigenvalue weighted by atomic mass is 10.00. The summed E-state index contributed by atoms with van der Waals surface area (Å²) in [6, 6.07) is -2.99. The Hall–Kier alpha value is -2.16. The molecule has 5 N–H and O–H groups in total. The maximum absolute atomic E-state index is 12.5. The zero-order valence-electron chi connectivity index (χ0n) is 16.0. The molecule has 0 heterocycles. The van der Waals surface area contributed by atoms with Crippen molar-refractivity contribution in [1.82, 2.24) is 16.0 Å². The van der Waals surface area contributed by atoms with E-state index in [1.807, 2.05) is 13.8 Å². The number of hydrogen-bond acceptors (Lipinski definition) is 5. The highest BCUT2D eigenvalue weighted by atomic mass is 16.4. The molecule has 9 heteroatoms. The lowest BCUT2D eigenvalue weighted by Gasteiger charge is -2.26. The van der Waals surface area contributed by atoms with Crippen LogP contribution in [-0.4, -0.2) is 58.6 Å². The van der Waals surface area contributed by atoms with Crippen LogP contribution in [0.15, 0.2) is 0 Å². The van der Waals surface area contributed by atoms with Crippen molar-refractivity contribution >= 4 is 23.7 Å². The molecule has 0 aromatic rings. The monoisotopic (exact) mass is 373 g/mol. The fraction of sp³-hybridized carbons (Fsp3) is 0.765.